The summed E-state index contributed by atoms with van der Waals surface area (Å²) in [5.41, 5.74) is 0. The molecule has 1 fully saturated rings. The summed E-state index contributed by atoms with van der Waals surface area (Å²) in [6.45, 7) is 9.95. The number of nitrogens with one attached hydrogen (secondary N) is 1. The van der Waals surface area contributed by atoms with Crippen LogP contribution in [-0.4, -0.2) is 36.0 Å². The summed E-state index contributed by atoms with van der Waals surface area (Å²) < 4.78 is 0. The molecule has 88 valence electrons. The van der Waals surface area contributed by atoms with Gasteiger partial charge in [0.2, 0.25) is 5.91 Å². The van der Waals surface area contributed by atoms with E-state index in [1.165, 1.54) is 6.42 Å². The van der Waals surface area contributed by atoms with Gasteiger partial charge in [-0.2, -0.15) is 0 Å². The SMILES string of the molecule is CC(C)NCC(=O)N1CCCC(C)C1C. The Bertz CT molecular complexity index is 216. The van der Waals surface area contributed by atoms with E-state index in [9.17, 15) is 4.79 Å². The molecule has 1 rings (SSSR count). The van der Waals surface area contributed by atoms with Gasteiger partial charge in [-0.05, 0) is 25.7 Å². The van der Waals surface area contributed by atoms with Gasteiger partial charge in [0.25, 0.3) is 0 Å². The zero-order valence-corrected chi connectivity index (χ0v) is 10.4. The topological polar surface area (TPSA) is 32.3 Å². The molecule has 0 radical (unpaired) electrons. The maximum atomic E-state index is 11.9. The molecule has 0 aromatic carbocycles. The van der Waals surface area contributed by atoms with E-state index in [-0.39, 0.29) is 5.91 Å². The van der Waals surface area contributed by atoms with E-state index in [1.807, 2.05) is 4.90 Å². The maximum Gasteiger partial charge on any atom is 0.236 e. The minimum atomic E-state index is 0.253. The molecule has 0 aromatic rings. The molecule has 0 aromatic heterocycles. The fraction of sp³-hybridized carbons (Fsp3) is 0.917. The minimum Gasteiger partial charge on any atom is -0.339 e. The van der Waals surface area contributed by atoms with Crippen LogP contribution in [0.3, 0.4) is 0 Å². The first kappa shape index (κ1) is 12.5. The fourth-order valence-electron chi connectivity index (χ4n) is 2.08. The van der Waals surface area contributed by atoms with E-state index in [1.54, 1.807) is 0 Å². The lowest BCUT2D eigenvalue weighted by molar-refractivity contribution is -0.134. The van der Waals surface area contributed by atoms with Crippen LogP contribution in [0.1, 0.15) is 40.5 Å². The molecule has 1 heterocycles. The summed E-state index contributed by atoms with van der Waals surface area (Å²) in [6.07, 6.45) is 2.40. The number of piperidine rings is 1. The van der Waals surface area contributed by atoms with Gasteiger partial charge in [0.1, 0.15) is 0 Å². The average molecular weight is 212 g/mol. The van der Waals surface area contributed by atoms with E-state index in [0.29, 0.717) is 24.5 Å². The molecule has 0 saturated carbocycles. The van der Waals surface area contributed by atoms with Crippen LogP contribution in [0.2, 0.25) is 0 Å². The molecular weight excluding hydrogens is 188 g/mol. The van der Waals surface area contributed by atoms with Crippen molar-refractivity contribution in [2.45, 2.75) is 52.6 Å². The third-order valence-corrected chi connectivity index (χ3v) is 3.36. The first-order chi connectivity index (χ1) is 7.02. The number of rotatable bonds is 3. The second kappa shape index (κ2) is 5.50. The zero-order chi connectivity index (χ0) is 11.4. The third kappa shape index (κ3) is 3.49. The number of hydrogen-bond acceptors (Lipinski definition) is 2. The third-order valence-electron chi connectivity index (χ3n) is 3.36. The highest BCUT2D eigenvalue weighted by Gasteiger charge is 2.27. The van der Waals surface area contributed by atoms with Gasteiger partial charge in [0, 0.05) is 18.6 Å². The normalized spacial score (nSPS) is 27.1. The highest BCUT2D eigenvalue weighted by Crippen LogP contribution is 2.22. The monoisotopic (exact) mass is 212 g/mol. The molecule has 1 N–H and O–H groups in total. The van der Waals surface area contributed by atoms with Crippen molar-refractivity contribution < 1.29 is 4.79 Å². The molecule has 1 aliphatic rings. The van der Waals surface area contributed by atoms with Gasteiger partial charge in [-0.25, -0.2) is 0 Å². The van der Waals surface area contributed by atoms with Crippen LogP contribution in [0.25, 0.3) is 0 Å². The lowest BCUT2D eigenvalue weighted by Crippen LogP contribution is -2.49. The minimum absolute atomic E-state index is 0.253. The molecule has 15 heavy (non-hydrogen) atoms. The van der Waals surface area contributed by atoms with Crippen LogP contribution >= 0.6 is 0 Å². The summed E-state index contributed by atoms with van der Waals surface area (Å²) in [5, 5.41) is 3.19. The molecule has 2 atom stereocenters. The number of carbonyl (C=O) groups is 1. The van der Waals surface area contributed by atoms with E-state index in [4.69, 9.17) is 0 Å². The van der Waals surface area contributed by atoms with Crippen LogP contribution in [0.15, 0.2) is 0 Å². The fourth-order valence-corrected chi connectivity index (χ4v) is 2.08. The van der Waals surface area contributed by atoms with Gasteiger partial charge in [0.05, 0.1) is 6.54 Å². The summed E-state index contributed by atoms with van der Waals surface area (Å²) in [7, 11) is 0. The molecule has 0 bridgehead atoms. The van der Waals surface area contributed by atoms with Crippen LogP contribution in [0, 0.1) is 5.92 Å². The Hall–Kier alpha value is -0.570. The highest BCUT2D eigenvalue weighted by atomic mass is 16.2. The molecule has 0 aliphatic carbocycles. The van der Waals surface area contributed by atoms with Crippen LogP contribution in [0.5, 0.6) is 0 Å². The molecule has 1 saturated heterocycles. The summed E-state index contributed by atoms with van der Waals surface area (Å²) in [4.78, 5) is 14.0. The Labute approximate surface area is 93.2 Å². The Morgan fingerprint density at radius 3 is 2.73 bits per heavy atom. The van der Waals surface area contributed by atoms with Crippen molar-refractivity contribution in [2.24, 2.45) is 5.92 Å². The van der Waals surface area contributed by atoms with Crippen molar-refractivity contribution in [3.05, 3.63) is 0 Å². The van der Waals surface area contributed by atoms with Crippen molar-refractivity contribution in [3.8, 4) is 0 Å². The Balaban J connectivity index is 2.43. The largest absolute Gasteiger partial charge is 0.339 e. The number of hydrogen-bond donors (Lipinski definition) is 1. The van der Waals surface area contributed by atoms with Crippen molar-refractivity contribution >= 4 is 5.91 Å². The number of amides is 1. The Morgan fingerprint density at radius 2 is 2.13 bits per heavy atom. The van der Waals surface area contributed by atoms with Crippen LogP contribution in [-0.2, 0) is 4.79 Å². The van der Waals surface area contributed by atoms with E-state index >= 15 is 0 Å². The number of nitrogens with zero attached hydrogens (tertiary/aromatic N) is 1. The average Bonchev–Trinajstić information content (AvgIpc) is 2.18. The van der Waals surface area contributed by atoms with Crippen molar-refractivity contribution in [1.29, 1.82) is 0 Å². The summed E-state index contributed by atoms with van der Waals surface area (Å²) in [5.74, 6) is 0.893. The second-order valence-electron chi connectivity index (χ2n) is 4.98. The number of carbonyl (C=O) groups excluding carboxylic acids is 1. The molecule has 1 amide bonds. The molecule has 2 unspecified atom stereocenters. The lowest BCUT2D eigenvalue weighted by atomic mass is 9.92. The van der Waals surface area contributed by atoms with Gasteiger partial charge < -0.3 is 10.2 Å². The van der Waals surface area contributed by atoms with Crippen molar-refractivity contribution in [3.63, 3.8) is 0 Å². The molecule has 1 aliphatic heterocycles. The van der Waals surface area contributed by atoms with E-state index in [0.717, 1.165) is 13.0 Å². The van der Waals surface area contributed by atoms with E-state index < -0.39 is 0 Å². The van der Waals surface area contributed by atoms with E-state index in [2.05, 4.69) is 33.0 Å². The van der Waals surface area contributed by atoms with Gasteiger partial charge >= 0.3 is 0 Å². The van der Waals surface area contributed by atoms with Crippen molar-refractivity contribution in [2.75, 3.05) is 13.1 Å². The standard InChI is InChI=1S/C12H24N2O/c1-9(2)13-8-12(15)14-7-5-6-10(3)11(14)4/h9-11,13H,5-8H2,1-4H3. The van der Waals surface area contributed by atoms with Crippen molar-refractivity contribution in [1.82, 2.24) is 10.2 Å². The lowest BCUT2D eigenvalue weighted by Gasteiger charge is -2.38. The quantitative estimate of drug-likeness (QED) is 0.771. The molecular formula is C12H24N2O. The first-order valence-electron chi connectivity index (χ1n) is 6.05. The first-order valence-corrected chi connectivity index (χ1v) is 6.05. The summed E-state index contributed by atoms with van der Waals surface area (Å²) in [6, 6.07) is 0.784. The second-order valence-corrected chi connectivity index (χ2v) is 4.98. The highest BCUT2D eigenvalue weighted by molar-refractivity contribution is 5.78. The Kier molecular flexibility index (Phi) is 4.58. The number of likely N-dealkylation sites (tertiary alicyclic amines) is 1. The Morgan fingerprint density at radius 1 is 1.47 bits per heavy atom. The van der Waals surface area contributed by atoms with Crippen LogP contribution in [0.4, 0.5) is 0 Å². The molecule has 3 nitrogen and oxygen atoms in total. The summed E-state index contributed by atoms with van der Waals surface area (Å²) >= 11 is 0. The molecule has 3 heteroatoms. The molecule has 0 spiro atoms. The van der Waals surface area contributed by atoms with Crippen LogP contribution < -0.4 is 5.32 Å². The van der Waals surface area contributed by atoms with Gasteiger partial charge in [-0.3, -0.25) is 4.79 Å². The zero-order valence-electron chi connectivity index (χ0n) is 10.4. The van der Waals surface area contributed by atoms with Gasteiger partial charge in [0.15, 0.2) is 0 Å². The smallest absolute Gasteiger partial charge is 0.236 e. The maximum absolute atomic E-state index is 11.9. The van der Waals surface area contributed by atoms with Gasteiger partial charge in [-0.1, -0.05) is 20.8 Å². The predicted molar refractivity (Wildman–Crippen MR) is 62.7 cm³/mol. The predicted octanol–water partition coefficient (Wildman–Crippen LogP) is 1.63. The van der Waals surface area contributed by atoms with Gasteiger partial charge in [-0.15, -0.1) is 0 Å².